The van der Waals surface area contributed by atoms with Crippen LogP contribution in [0.15, 0.2) is 52.1 Å². The van der Waals surface area contributed by atoms with Gasteiger partial charge in [-0.15, -0.1) is 10.2 Å². The largest absolute Gasteiger partial charge is 0.411 e. The quantitative estimate of drug-likeness (QED) is 0.370. The second-order valence-electron chi connectivity index (χ2n) is 7.94. The number of hydrogen-bond donors (Lipinski definition) is 1. The van der Waals surface area contributed by atoms with Crippen molar-refractivity contribution in [2.24, 2.45) is 0 Å². The van der Waals surface area contributed by atoms with Gasteiger partial charge in [-0.2, -0.15) is 5.26 Å². The molecule has 0 saturated heterocycles. The van der Waals surface area contributed by atoms with Gasteiger partial charge >= 0.3 is 0 Å². The molecule has 4 rings (SSSR count). The molecule has 1 amide bonds. The van der Waals surface area contributed by atoms with Crippen LogP contribution >= 0.6 is 11.8 Å². The molecule has 172 valence electrons. The Morgan fingerprint density at radius 2 is 1.79 bits per heavy atom. The van der Waals surface area contributed by atoms with Gasteiger partial charge in [-0.3, -0.25) is 9.36 Å². The van der Waals surface area contributed by atoms with Crippen LogP contribution in [0.5, 0.6) is 0 Å². The maximum atomic E-state index is 13.4. The molecule has 0 aliphatic heterocycles. The third-order valence-corrected chi connectivity index (χ3v) is 6.19. The predicted molar refractivity (Wildman–Crippen MR) is 128 cm³/mol. The smallest absolute Gasteiger partial charge is 0.277 e. The molecule has 1 N–H and O–H groups in total. The molecule has 0 fully saturated rings. The number of nitrogens with one attached hydrogen (secondary N) is 1. The average Bonchev–Trinajstić information content (AvgIpc) is 3.36. The third-order valence-electron chi connectivity index (χ3n) is 5.37. The number of carbonyl (C=O) groups is 1. The van der Waals surface area contributed by atoms with Crippen molar-refractivity contribution < 1.29 is 13.6 Å². The molecule has 2 aromatic heterocycles. The highest BCUT2D eigenvalue weighted by Gasteiger charge is 2.21. The number of aryl methyl sites for hydroxylation is 2. The number of anilines is 1. The summed E-state index contributed by atoms with van der Waals surface area (Å²) >= 11 is 1.11. The summed E-state index contributed by atoms with van der Waals surface area (Å²) in [6.45, 7) is 7.64. The SMILES string of the molecule is Cc1cc(C)cc(-c2nnc(SCC(=O)Nc3c(C#N)c(C)c(C)n3-c3ccc(F)cc3)o2)c1. The number of carbonyl (C=O) groups excluding carboxylic acids is 1. The van der Waals surface area contributed by atoms with Crippen LogP contribution in [-0.2, 0) is 4.79 Å². The van der Waals surface area contributed by atoms with Gasteiger partial charge in [0.25, 0.3) is 5.22 Å². The van der Waals surface area contributed by atoms with Crippen LogP contribution in [-0.4, -0.2) is 26.4 Å². The standard InChI is InChI=1S/C25H22FN5O2S/c1-14-9-15(2)11-18(10-14)24-29-30-25(33-24)34-13-22(32)28-23-21(12-27)16(3)17(4)31(23)20-7-5-19(26)6-8-20/h5-11H,13H2,1-4H3,(H,28,32). The number of benzene rings is 2. The average molecular weight is 476 g/mol. The highest BCUT2D eigenvalue weighted by Crippen LogP contribution is 2.31. The lowest BCUT2D eigenvalue weighted by molar-refractivity contribution is -0.113. The zero-order valence-corrected chi connectivity index (χ0v) is 20.0. The van der Waals surface area contributed by atoms with E-state index in [0.717, 1.165) is 39.7 Å². The molecule has 34 heavy (non-hydrogen) atoms. The van der Waals surface area contributed by atoms with Crippen molar-refractivity contribution in [1.29, 1.82) is 5.26 Å². The van der Waals surface area contributed by atoms with Crippen LogP contribution in [0.3, 0.4) is 0 Å². The number of nitrogens with zero attached hydrogens (tertiary/aromatic N) is 4. The van der Waals surface area contributed by atoms with Gasteiger partial charge in [0.1, 0.15) is 17.7 Å². The summed E-state index contributed by atoms with van der Waals surface area (Å²) in [6, 6.07) is 14.0. The van der Waals surface area contributed by atoms with Crippen molar-refractivity contribution in [3.05, 3.63) is 76.2 Å². The molecule has 0 aliphatic carbocycles. The summed E-state index contributed by atoms with van der Waals surface area (Å²) in [5.41, 5.74) is 5.51. The van der Waals surface area contributed by atoms with E-state index in [1.54, 1.807) is 16.7 Å². The third kappa shape index (κ3) is 4.72. The maximum Gasteiger partial charge on any atom is 0.277 e. The van der Waals surface area contributed by atoms with Gasteiger partial charge in [0.2, 0.25) is 11.8 Å². The van der Waals surface area contributed by atoms with E-state index in [2.05, 4.69) is 27.6 Å². The lowest BCUT2D eigenvalue weighted by Gasteiger charge is -2.13. The maximum absolute atomic E-state index is 13.4. The summed E-state index contributed by atoms with van der Waals surface area (Å²) in [4.78, 5) is 12.8. The minimum absolute atomic E-state index is 0.00599. The van der Waals surface area contributed by atoms with E-state index in [0.29, 0.717) is 23.0 Å². The molecule has 2 aromatic carbocycles. The Morgan fingerprint density at radius 1 is 1.12 bits per heavy atom. The highest BCUT2D eigenvalue weighted by atomic mass is 32.2. The first kappa shape index (κ1) is 23.3. The number of halogens is 1. The summed E-state index contributed by atoms with van der Waals surface area (Å²) < 4.78 is 20.9. The number of nitriles is 1. The van der Waals surface area contributed by atoms with Crippen molar-refractivity contribution >= 4 is 23.5 Å². The Balaban J connectivity index is 1.52. The topological polar surface area (TPSA) is 96.7 Å². The molecule has 0 radical (unpaired) electrons. The zero-order valence-electron chi connectivity index (χ0n) is 19.1. The lowest BCUT2D eigenvalue weighted by atomic mass is 10.1. The second kappa shape index (κ2) is 9.53. The van der Waals surface area contributed by atoms with E-state index in [1.807, 2.05) is 39.8 Å². The fraction of sp³-hybridized carbons (Fsp3) is 0.200. The van der Waals surface area contributed by atoms with Crippen LogP contribution < -0.4 is 5.32 Å². The summed E-state index contributed by atoms with van der Waals surface area (Å²) in [5.74, 6) is 0.0292. The molecule has 0 unspecified atom stereocenters. The summed E-state index contributed by atoms with van der Waals surface area (Å²) in [6.07, 6.45) is 0. The minimum atomic E-state index is -0.368. The van der Waals surface area contributed by atoms with E-state index < -0.39 is 0 Å². The molecule has 9 heteroatoms. The first-order chi connectivity index (χ1) is 16.3. The number of aromatic nitrogens is 3. The van der Waals surface area contributed by atoms with Gasteiger partial charge in [-0.05, 0) is 69.7 Å². The Labute approximate surface area is 200 Å². The van der Waals surface area contributed by atoms with Crippen LogP contribution in [0.2, 0.25) is 0 Å². The van der Waals surface area contributed by atoms with Gasteiger partial charge in [-0.25, -0.2) is 4.39 Å². The summed E-state index contributed by atoms with van der Waals surface area (Å²) in [5, 5.41) is 20.9. The van der Waals surface area contributed by atoms with Crippen molar-refractivity contribution in [2.75, 3.05) is 11.1 Å². The molecule has 0 saturated carbocycles. The Kier molecular flexibility index (Phi) is 6.52. The minimum Gasteiger partial charge on any atom is -0.411 e. The van der Waals surface area contributed by atoms with E-state index in [9.17, 15) is 14.4 Å². The Hall–Kier alpha value is -3.90. The molecular formula is C25H22FN5O2S. The normalized spacial score (nSPS) is 10.8. The van der Waals surface area contributed by atoms with Crippen LogP contribution in [0.1, 0.15) is 27.9 Å². The zero-order chi connectivity index (χ0) is 24.4. The molecule has 0 spiro atoms. The fourth-order valence-corrected chi connectivity index (χ4v) is 4.32. The lowest BCUT2D eigenvalue weighted by Crippen LogP contribution is -2.17. The van der Waals surface area contributed by atoms with Crippen LogP contribution in [0, 0.1) is 44.8 Å². The van der Waals surface area contributed by atoms with Gasteiger partial charge in [-0.1, -0.05) is 29.0 Å². The molecule has 0 bridgehead atoms. The molecule has 0 atom stereocenters. The number of thioether (sulfide) groups is 1. The van der Waals surface area contributed by atoms with E-state index in [-0.39, 0.29) is 22.7 Å². The van der Waals surface area contributed by atoms with E-state index in [4.69, 9.17) is 4.42 Å². The van der Waals surface area contributed by atoms with Crippen molar-refractivity contribution in [3.63, 3.8) is 0 Å². The molecule has 4 aromatic rings. The Morgan fingerprint density at radius 3 is 2.44 bits per heavy atom. The van der Waals surface area contributed by atoms with Gasteiger partial charge in [0.15, 0.2) is 0 Å². The van der Waals surface area contributed by atoms with Crippen LogP contribution in [0.4, 0.5) is 10.2 Å². The predicted octanol–water partition coefficient (Wildman–Crippen LogP) is 5.50. The first-order valence-corrected chi connectivity index (χ1v) is 11.5. The van der Waals surface area contributed by atoms with Gasteiger partial charge < -0.3 is 9.73 Å². The first-order valence-electron chi connectivity index (χ1n) is 10.5. The van der Waals surface area contributed by atoms with Crippen molar-refractivity contribution in [2.45, 2.75) is 32.9 Å². The number of rotatable bonds is 6. The molecule has 7 nitrogen and oxygen atoms in total. The van der Waals surface area contributed by atoms with Crippen molar-refractivity contribution in [3.8, 4) is 23.2 Å². The summed E-state index contributed by atoms with van der Waals surface area (Å²) in [7, 11) is 0. The molecule has 0 aliphatic rings. The fourth-order valence-electron chi connectivity index (χ4n) is 3.75. The van der Waals surface area contributed by atoms with Crippen LogP contribution in [0.25, 0.3) is 17.1 Å². The monoisotopic (exact) mass is 475 g/mol. The van der Waals surface area contributed by atoms with E-state index >= 15 is 0 Å². The number of hydrogen-bond acceptors (Lipinski definition) is 6. The van der Waals surface area contributed by atoms with Crippen molar-refractivity contribution in [1.82, 2.24) is 14.8 Å². The van der Waals surface area contributed by atoms with E-state index in [1.165, 1.54) is 12.1 Å². The molecule has 2 heterocycles. The Bertz CT molecular complexity index is 1400. The molecular weight excluding hydrogens is 453 g/mol. The number of amides is 1. The van der Waals surface area contributed by atoms with Gasteiger partial charge in [0, 0.05) is 16.9 Å². The van der Waals surface area contributed by atoms with Gasteiger partial charge in [0.05, 0.1) is 11.3 Å². The highest BCUT2D eigenvalue weighted by molar-refractivity contribution is 7.99. The second-order valence-corrected chi connectivity index (χ2v) is 8.87.